The van der Waals surface area contributed by atoms with Crippen LogP contribution in [0.1, 0.15) is 36.6 Å². The zero-order valence-corrected chi connectivity index (χ0v) is 16.2. The van der Waals surface area contributed by atoms with E-state index in [2.05, 4.69) is 15.0 Å². The van der Waals surface area contributed by atoms with Gasteiger partial charge in [0.2, 0.25) is 11.2 Å². The molecule has 28 heavy (non-hydrogen) atoms. The van der Waals surface area contributed by atoms with Crippen molar-refractivity contribution in [1.29, 1.82) is 0 Å². The zero-order valence-electron chi connectivity index (χ0n) is 15.5. The van der Waals surface area contributed by atoms with Crippen molar-refractivity contribution < 1.29 is 17.9 Å². The number of aryl methyl sites for hydroxylation is 1. The molecule has 2 heterocycles. The molecule has 3 rings (SSSR count). The van der Waals surface area contributed by atoms with Crippen LogP contribution in [0.3, 0.4) is 0 Å². The van der Waals surface area contributed by atoms with Crippen LogP contribution >= 0.6 is 11.6 Å². The molecule has 148 valence electrons. The summed E-state index contributed by atoms with van der Waals surface area (Å²) in [5.74, 6) is 0.823. The molecule has 0 radical (unpaired) electrons. The maximum atomic E-state index is 12.8. The monoisotopic (exact) mass is 410 g/mol. The number of halogens is 4. The summed E-state index contributed by atoms with van der Waals surface area (Å²) in [6.45, 7) is 4.23. The number of nitrogens with zero attached hydrogens (tertiary/aromatic N) is 4. The third-order valence-corrected chi connectivity index (χ3v) is 4.31. The van der Waals surface area contributed by atoms with Crippen molar-refractivity contribution in [3.05, 3.63) is 58.8 Å². The molecule has 0 aliphatic carbocycles. The molecular weight excluding hydrogens is 393 g/mol. The highest BCUT2D eigenvalue weighted by Gasteiger charge is 2.34. The van der Waals surface area contributed by atoms with Crippen molar-refractivity contribution in [1.82, 2.24) is 19.5 Å². The summed E-state index contributed by atoms with van der Waals surface area (Å²) in [5.41, 5.74) is 1.33. The van der Waals surface area contributed by atoms with E-state index in [1.165, 1.54) is 11.6 Å². The van der Waals surface area contributed by atoms with Crippen molar-refractivity contribution in [2.75, 3.05) is 0 Å². The molecule has 0 fully saturated rings. The van der Waals surface area contributed by atoms with Crippen LogP contribution in [-0.4, -0.2) is 19.5 Å². The van der Waals surface area contributed by atoms with E-state index in [4.69, 9.17) is 16.3 Å². The molecule has 3 aromatic rings. The highest BCUT2D eigenvalue weighted by Crippen LogP contribution is 2.31. The molecule has 0 aliphatic rings. The van der Waals surface area contributed by atoms with Crippen LogP contribution in [0.5, 0.6) is 5.88 Å². The van der Waals surface area contributed by atoms with Gasteiger partial charge in [0, 0.05) is 30.6 Å². The van der Waals surface area contributed by atoms with Crippen LogP contribution in [-0.2, 0) is 19.8 Å². The summed E-state index contributed by atoms with van der Waals surface area (Å²) in [4.78, 5) is 11.8. The Kier molecular flexibility index (Phi) is 5.60. The minimum Gasteiger partial charge on any atom is -0.472 e. The predicted molar refractivity (Wildman–Crippen MR) is 99.1 cm³/mol. The smallest absolute Gasteiger partial charge is 0.434 e. The first kappa shape index (κ1) is 20.1. The number of alkyl halides is 3. The lowest BCUT2D eigenvalue weighted by molar-refractivity contribution is -0.140. The quantitative estimate of drug-likeness (QED) is 0.539. The molecule has 0 N–H and O–H groups in total. The van der Waals surface area contributed by atoms with E-state index in [1.807, 2.05) is 13.8 Å². The van der Waals surface area contributed by atoms with Crippen molar-refractivity contribution in [3.63, 3.8) is 0 Å². The number of imidazole rings is 1. The molecule has 2 aromatic heterocycles. The first-order valence-corrected chi connectivity index (χ1v) is 8.88. The van der Waals surface area contributed by atoms with Gasteiger partial charge in [-0.3, -0.25) is 0 Å². The summed E-state index contributed by atoms with van der Waals surface area (Å²) in [7, 11) is 1.53. The molecule has 0 saturated heterocycles. The summed E-state index contributed by atoms with van der Waals surface area (Å²) in [5, 5.41) is 0.102. The molecular formula is C19H18ClF3N4O. The number of ether oxygens (including phenoxy) is 1. The normalized spacial score (nSPS) is 11.9. The maximum Gasteiger partial charge on any atom is 0.434 e. The second-order valence-corrected chi connectivity index (χ2v) is 6.94. The Balaban J connectivity index is 1.76. The SMILES string of the molecule is CC(C)c1cnc(Cl)nc1OCc1ccc(-c2nc(C(F)(F)F)cn2C)cc1. The lowest BCUT2D eigenvalue weighted by Crippen LogP contribution is -2.05. The van der Waals surface area contributed by atoms with Crippen molar-refractivity contribution in [3.8, 4) is 17.3 Å². The van der Waals surface area contributed by atoms with Gasteiger partial charge in [-0.15, -0.1) is 0 Å². The van der Waals surface area contributed by atoms with E-state index in [9.17, 15) is 13.2 Å². The molecule has 5 nitrogen and oxygen atoms in total. The van der Waals surface area contributed by atoms with Gasteiger partial charge < -0.3 is 9.30 Å². The second-order valence-electron chi connectivity index (χ2n) is 6.60. The Bertz CT molecular complexity index is 968. The Labute approximate surface area is 165 Å². The average Bonchev–Trinajstić information content (AvgIpc) is 3.02. The number of benzene rings is 1. The van der Waals surface area contributed by atoms with Crippen LogP contribution in [0.2, 0.25) is 5.28 Å². The third-order valence-electron chi connectivity index (χ3n) is 4.13. The van der Waals surface area contributed by atoms with Gasteiger partial charge in [0.15, 0.2) is 5.69 Å². The van der Waals surface area contributed by atoms with Gasteiger partial charge >= 0.3 is 6.18 Å². The van der Waals surface area contributed by atoms with Crippen LogP contribution < -0.4 is 4.74 Å². The maximum absolute atomic E-state index is 12.8. The van der Waals surface area contributed by atoms with Gasteiger partial charge in [-0.2, -0.15) is 18.2 Å². The molecule has 0 bridgehead atoms. The van der Waals surface area contributed by atoms with Crippen LogP contribution in [0, 0.1) is 0 Å². The van der Waals surface area contributed by atoms with Gasteiger partial charge in [0.25, 0.3) is 0 Å². The molecule has 0 spiro atoms. The van der Waals surface area contributed by atoms with E-state index in [1.54, 1.807) is 30.5 Å². The zero-order chi connectivity index (χ0) is 20.5. The Morgan fingerprint density at radius 1 is 1.14 bits per heavy atom. The van der Waals surface area contributed by atoms with E-state index in [0.29, 0.717) is 11.4 Å². The van der Waals surface area contributed by atoms with E-state index in [0.717, 1.165) is 17.3 Å². The lowest BCUT2D eigenvalue weighted by Gasteiger charge is -2.12. The summed E-state index contributed by atoms with van der Waals surface area (Å²) >= 11 is 5.85. The average molecular weight is 411 g/mol. The Morgan fingerprint density at radius 2 is 1.82 bits per heavy atom. The highest BCUT2D eigenvalue weighted by molar-refractivity contribution is 6.28. The van der Waals surface area contributed by atoms with E-state index < -0.39 is 11.9 Å². The fourth-order valence-corrected chi connectivity index (χ4v) is 2.77. The lowest BCUT2D eigenvalue weighted by atomic mass is 10.1. The Morgan fingerprint density at radius 3 is 2.39 bits per heavy atom. The van der Waals surface area contributed by atoms with Crippen molar-refractivity contribution in [2.24, 2.45) is 7.05 Å². The van der Waals surface area contributed by atoms with Crippen molar-refractivity contribution >= 4 is 11.6 Å². The number of hydrogen-bond donors (Lipinski definition) is 0. The molecule has 1 aromatic carbocycles. The largest absolute Gasteiger partial charge is 0.472 e. The molecule has 0 atom stereocenters. The molecule has 0 amide bonds. The summed E-state index contributed by atoms with van der Waals surface area (Å²) < 4.78 is 45.6. The molecule has 9 heteroatoms. The highest BCUT2D eigenvalue weighted by atomic mass is 35.5. The Hall–Kier alpha value is -2.61. The van der Waals surface area contributed by atoms with Crippen LogP contribution in [0.4, 0.5) is 13.2 Å². The number of rotatable bonds is 5. The standard InChI is InChI=1S/C19H18ClF3N4O/c1-11(2)14-8-24-18(20)26-17(14)28-10-12-4-6-13(7-5-12)16-25-15(9-27(16)3)19(21,22)23/h4-9,11H,10H2,1-3H3. The van der Waals surface area contributed by atoms with E-state index in [-0.39, 0.29) is 23.6 Å². The second kappa shape index (κ2) is 7.79. The topological polar surface area (TPSA) is 52.8 Å². The van der Waals surface area contributed by atoms with Gasteiger partial charge in [-0.05, 0) is 23.1 Å². The van der Waals surface area contributed by atoms with Crippen LogP contribution in [0.25, 0.3) is 11.4 Å². The van der Waals surface area contributed by atoms with Crippen LogP contribution in [0.15, 0.2) is 36.7 Å². The van der Waals surface area contributed by atoms with Gasteiger partial charge in [0.05, 0.1) is 0 Å². The van der Waals surface area contributed by atoms with Gasteiger partial charge in [0.1, 0.15) is 12.4 Å². The van der Waals surface area contributed by atoms with Gasteiger partial charge in [-0.25, -0.2) is 9.97 Å². The molecule has 0 saturated carbocycles. The third kappa shape index (κ3) is 4.44. The van der Waals surface area contributed by atoms with Gasteiger partial charge in [-0.1, -0.05) is 38.1 Å². The summed E-state index contributed by atoms with van der Waals surface area (Å²) in [6, 6.07) is 6.96. The minimum atomic E-state index is -4.48. The first-order valence-electron chi connectivity index (χ1n) is 8.50. The minimum absolute atomic E-state index is 0.102. The number of hydrogen-bond acceptors (Lipinski definition) is 4. The number of aromatic nitrogens is 4. The fourth-order valence-electron chi connectivity index (χ4n) is 2.64. The molecule has 0 unspecified atom stereocenters. The van der Waals surface area contributed by atoms with E-state index >= 15 is 0 Å². The fraction of sp³-hybridized carbons (Fsp3) is 0.316. The van der Waals surface area contributed by atoms with Crippen molar-refractivity contribution in [2.45, 2.75) is 32.5 Å². The molecule has 0 aliphatic heterocycles. The predicted octanol–water partition coefficient (Wildman–Crippen LogP) is 5.25. The summed E-state index contributed by atoms with van der Waals surface area (Å²) in [6.07, 6.45) is -1.87. The first-order chi connectivity index (χ1) is 13.1.